The predicted molar refractivity (Wildman–Crippen MR) is 65.6 cm³/mol. The van der Waals surface area contributed by atoms with Gasteiger partial charge in [0.2, 0.25) is 0 Å². The lowest BCUT2D eigenvalue weighted by Gasteiger charge is -2.04. The second-order valence-corrected chi connectivity index (χ2v) is 4.35. The summed E-state index contributed by atoms with van der Waals surface area (Å²) in [5.41, 5.74) is 1.14. The van der Waals surface area contributed by atoms with E-state index >= 15 is 0 Å². The van der Waals surface area contributed by atoms with Gasteiger partial charge in [0.15, 0.2) is 0 Å². The molecule has 2 heteroatoms. The molecule has 15 heavy (non-hydrogen) atoms. The highest BCUT2D eigenvalue weighted by molar-refractivity contribution is 6.31. The van der Waals surface area contributed by atoms with Gasteiger partial charge in [0.1, 0.15) is 5.75 Å². The van der Waals surface area contributed by atoms with E-state index in [4.69, 9.17) is 11.6 Å². The van der Waals surface area contributed by atoms with E-state index in [0.29, 0.717) is 5.02 Å². The molecular weight excluding hydrogens is 208 g/mol. The van der Waals surface area contributed by atoms with Gasteiger partial charge in [-0.05, 0) is 30.5 Å². The van der Waals surface area contributed by atoms with Crippen LogP contribution in [0.2, 0.25) is 5.02 Å². The van der Waals surface area contributed by atoms with E-state index in [-0.39, 0.29) is 5.75 Å². The van der Waals surface area contributed by atoms with E-state index in [0.717, 1.165) is 12.0 Å². The highest BCUT2D eigenvalue weighted by Crippen LogP contribution is 2.23. The topological polar surface area (TPSA) is 20.2 Å². The van der Waals surface area contributed by atoms with Crippen molar-refractivity contribution in [2.24, 2.45) is 0 Å². The zero-order valence-corrected chi connectivity index (χ0v) is 10.1. The van der Waals surface area contributed by atoms with Crippen molar-refractivity contribution in [3.05, 3.63) is 28.8 Å². The Morgan fingerprint density at radius 3 is 2.53 bits per heavy atom. The molecule has 0 aliphatic rings. The molecule has 1 aromatic rings. The number of halogens is 1. The molecule has 0 radical (unpaired) electrons. The average molecular weight is 227 g/mol. The molecule has 0 atom stereocenters. The maximum Gasteiger partial charge on any atom is 0.117 e. The maximum absolute atomic E-state index is 9.19. The van der Waals surface area contributed by atoms with Gasteiger partial charge < -0.3 is 5.11 Å². The third-order valence-corrected chi connectivity index (χ3v) is 2.94. The minimum atomic E-state index is 0.245. The molecule has 1 rings (SSSR count). The summed E-state index contributed by atoms with van der Waals surface area (Å²) in [4.78, 5) is 0. The van der Waals surface area contributed by atoms with Crippen LogP contribution in [0.3, 0.4) is 0 Å². The number of unbranched alkanes of at least 4 members (excludes halogenated alkanes) is 4. The van der Waals surface area contributed by atoms with Crippen LogP contribution < -0.4 is 0 Å². The number of aromatic hydroxyl groups is 1. The number of phenols is 1. The van der Waals surface area contributed by atoms with Crippen LogP contribution in [0.1, 0.15) is 44.6 Å². The smallest absolute Gasteiger partial charge is 0.117 e. The molecule has 0 aliphatic heterocycles. The summed E-state index contributed by atoms with van der Waals surface area (Å²) in [5, 5.41) is 9.88. The van der Waals surface area contributed by atoms with Crippen molar-refractivity contribution in [1.82, 2.24) is 0 Å². The molecule has 1 aromatic carbocycles. The van der Waals surface area contributed by atoms with Gasteiger partial charge in [-0.25, -0.2) is 0 Å². The first-order valence-corrected chi connectivity index (χ1v) is 6.09. The van der Waals surface area contributed by atoms with Crippen LogP contribution in [0.25, 0.3) is 0 Å². The SMILES string of the molecule is CCCCCCCc1ccc(O)cc1Cl. The number of aryl methyl sites for hydroxylation is 1. The lowest BCUT2D eigenvalue weighted by Crippen LogP contribution is -1.87. The second-order valence-electron chi connectivity index (χ2n) is 3.94. The Morgan fingerprint density at radius 1 is 1.13 bits per heavy atom. The third-order valence-electron chi connectivity index (χ3n) is 2.59. The normalized spacial score (nSPS) is 10.5. The van der Waals surface area contributed by atoms with Crippen LogP contribution in [0.4, 0.5) is 0 Å². The zero-order valence-electron chi connectivity index (χ0n) is 9.30. The number of rotatable bonds is 6. The summed E-state index contributed by atoms with van der Waals surface area (Å²) in [7, 11) is 0. The number of hydrogen-bond acceptors (Lipinski definition) is 1. The Balaban J connectivity index is 2.31. The summed E-state index contributed by atoms with van der Waals surface area (Å²) in [5.74, 6) is 0.245. The van der Waals surface area contributed by atoms with Gasteiger partial charge in [0, 0.05) is 5.02 Å². The van der Waals surface area contributed by atoms with Gasteiger partial charge >= 0.3 is 0 Å². The Morgan fingerprint density at radius 2 is 1.87 bits per heavy atom. The number of phenolic OH excluding ortho intramolecular Hbond substituents is 1. The molecule has 0 aliphatic carbocycles. The zero-order chi connectivity index (χ0) is 11.1. The molecule has 1 nitrogen and oxygen atoms in total. The minimum Gasteiger partial charge on any atom is -0.508 e. The van der Waals surface area contributed by atoms with E-state index in [9.17, 15) is 5.11 Å². The van der Waals surface area contributed by atoms with Crippen molar-refractivity contribution in [3.8, 4) is 5.75 Å². The fourth-order valence-electron chi connectivity index (χ4n) is 1.66. The van der Waals surface area contributed by atoms with Crippen molar-refractivity contribution in [2.75, 3.05) is 0 Å². The van der Waals surface area contributed by atoms with Crippen molar-refractivity contribution in [3.63, 3.8) is 0 Å². The van der Waals surface area contributed by atoms with E-state index in [2.05, 4.69) is 6.92 Å². The lowest BCUT2D eigenvalue weighted by atomic mass is 10.1. The molecule has 1 N–H and O–H groups in total. The second kappa shape index (κ2) is 6.73. The summed E-state index contributed by atoms with van der Waals surface area (Å²) < 4.78 is 0. The van der Waals surface area contributed by atoms with E-state index in [1.807, 2.05) is 6.07 Å². The first-order valence-electron chi connectivity index (χ1n) is 5.71. The summed E-state index contributed by atoms with van der Waals surface area (Å²) in [6.45, 7) is 2.22. The maximum atomic E-state index is 9.19. The van der Waals surface area contributed by atoms with Crippen molar-refractivity contribution >= 4 is 11.6 Å². The molecule has 0 heterocycles. The minimum absolute atomic E-state index is 0.245. The third kappa shape index (κ3) is 4.57. The monoisotopic (exact) mass is 226 g/mol. The molecule has 0 saturated carbocycles. The van der Waals surface area contributed by atoms with Crippen LogP contribution in [-0.2, 0) is 6.42 Å². The van der Waals surface area contributed by atoms with Crippen LogP contribution in [-0.4, -0.2) is 5.11 Å². The summed E-state index contributed by atoms with van der Waals surface area (Å²) >= 11 is 6.01. The van der Waals surface area contributed by atoms with E-state index < -0.39 is 0 Å². The van der Waals surface area contributed by atoms with Crippen LogP contribution in [0.5, 0.6) is 5.75 Å². The molecule has 0 unspecified atom stereocenters. The Labute approximate surface area is 97.1 Å². The Hall–Kier alpha value is -0.690. The first-order chi connectivity index (χ1) is 7.24. The van der Waals surface area contributed by atoms with Crippen LogP contribution in [0, 0.1) is 0 Å². The molecule has 0 saturated heterocycles. The number of hydrogen-bond donors (Lipinski definition) is 1. The number of benzene rings is 1. The van der Waals surface area contributed by atoms with Crippen molar-refractivity contribution in [2.45, 2.75) is 45.4 Å². The average Bonchev–Trinajstić information content (AvgIpc) is 2.20. The molecule has 0 bridgehead atoms. The standard InChI is InChI=1S/C13H19ClO/c1-2-3-4-5-6-7-11-8-9-12(15)10-13(11)14/h8-10,15H,2-7H2,1H3. The fourth-order valence-corrected chi connectivity index (χ4v) is 1.93. The van der Waals surface area contributed by atoms with Crippen LogP contribution in [0.15, 0.2) is 18.2 Å². The van der Waals surface area contributed by atoms with E-state index in [1.54, 1.807) is 12.1 Å². The van der Waals surface area contributed by atoms with Gasteiger partial charge in [-0.3, -0.25) is 0 Å². The van der Waals surface area contributed by atoms with Crippen molar-refractivity contribution < 1.29 is 5.11 Å². The molecular formula is C13H19ClO. The van der Waals surface area contributed by atoms with Gasteiger partial charge in [0.25, 0.3) is 0 Å². The highest BCUT2D eigenvalue weighted by Gasteiger charge is 2.00. The fraction of sp³-hybridized carbons (Fsp3) is 0.538. The van der Waals surface area contributed by atoms with E-state index in [1.165, 1.54) is 32.1 Å². The lowest BCUT2D eigenvalue weighted by molar-refractivity contribution is 0.475. The van der Waals surface area contributed by atoms with Gasteiger partial charge in [-0.1, -0.05) is 50.3 Å². The predicted octanol–water partition coefficient (Wildman–Crippen LogP) is 4.56. The van der Waals surface area contributed by atoms with Crippen molar-refractivity contribution in [1.29, 1.82) is 0 Å². The summed E-state index contributed by atoms with van der Waals surface area (Å²) in [6.07, 6.45) is 7.38. The van der Waals surface area contributed by atoms with Gasteiger partial charge in [-0.15, -0.1) is 0 Å². The summed E-state index contributed by atoms with van der Waals surface area (Å²) in [6, 6.07) is 5.23. The Bertz CT molecular complexity index is 297. The molecule has 84 valence electrons. The van der Waals surface area contributed by atoms with Gasteiger partial charge in [0.05, 0.1) is 0 Å². The Kier molecular flexibility index (Phi) is 5.56. The van der Waals surface area contributed by atoms with Crippen LogP contribution >= 0.6 is 11.6 Å². The largest absolute Gasteiger partial charge is 0.508 e. The highest BCUT2D eigenvalue weighted by atomic mass is 35.5. The molecule has 0 fully saturated rings. The molecule has 0 spiro atoms. The molecule has 0 amide bonds. The molecule has 0 aromatic heterocycles. The quantitative estimate of drug-likeness (QED) is 0.706. The first kappa shape index (κ1) is 12.4. The van der Waals surface area contributed by atoms with Gasteiger partial charge in [-0.2, -0.15) is 0 Å².